The Balaban J connectivity index is 2.72. The van der Waals surface area contributed by atoms with Gasteiger partial charge in [0.25, 0.3) is 5.69 Å². The van der Waals surface area contributed by atoms with Gasteiger partial charge in [-0.05, 0) is 11.6 Å². The summed E-state index contributed by atoms with van der Waals surface area (Å²) in [4.78, 5) is 10.1. The van der Waals surface area contributed by atoms with Crippen LogP contribution in [0.3, 0.4) is 0 Å². The molecular formula is C10H11N5O2. The van der Waals surface area contributed by atoms with Crippen LogP contribution in [-0.2, 0) is 0 Å². The molecule has 0 unspecified atom stereocenters. The van der Waals surface area contributed by atoms with Crippen LogP contribution in [0.2, 0.25) is 0 Å². The molecular weight excluding hydrogens is 222 g/mol. The van der Waals surface area contributed by atoms with E-state index < -0.39 is 4.92 Å². The predicted molar refractivity (Wildman–Crippen MR) is 66.4 cm³/mol. The topological polar surface area (TPSA) is 120 Å². The smallest absolute Gasteiger partial charge is 0.270 e. The van der Waals surface area contributed by atoms with Crippen molar-refractivity contribution in [1.82, 2.24) is 0 Å². The summed E-state index contributed by atoms with van der Waals surface area (Å²) < 4.78 is 0. The zero-order chi connectivity index (χ0) is 12.7. The minimum absolute atomic E-state index is 0.0355. The minimum Gasteiger partial charge on any atom is -0.369 e. The van der Waals surface area contributed by atoms with Crippen molar-refractivity contribution in [2.24, 2.45) is 21.7 Å². The molecule has 0 aliphatic heterocycles. The van der Waals surface area contributed by atoms with Gasteiger partial charge in [0.05, 0.1) is 4.92 Å². The van der Waals surface area contributed by atoms with Gasteiger partial charge >= 0.3 is 0 Å². The Morgan fingerprint density at radius 3 is 2.82 bits per heavy atom. The van der Waals surface area contributed by atoms with Gasteiger partial charge in [0, 0.05) is 18.3 Å². The first-order chi connectivity index (χ1) is 8.09. The molecule has 0 aromatic heterocycles. The summed E-state index contributed by atoms with van der Waals surface area (Å²) >= 11 is 0. The molecule has 0 radical (unpaired) electrons. The van der Waals surface area contributed by atoms with Crippen molar-refractivity contribution in [3.8, 4) is 0 Å². The zero-order valence-corrected chi connectivity index (χ0v) is 8.85. The molecule has 17 heavy (non-hydrogen) atoms. The van der Waals surface area contributed by atoms with Crippen LogP contribution in [0.5, 0.6) is 0 Å². The molecule has 7 nitrogen and oxygen atoms in total. The number of nitro benzene ring substituents is 1. The number of hydrogen-bond acceptors (Lipinski definition) is 4. The summed E-state index contributed by atoms with van der Waals surface area (Å²) in [5.41, 5.74) is 10.8. The second-order valence-corrected chi connectivity index (χ2v) is 3.00. The standard InChI is InChI=1S/C10H11N5O2/c11-10(12)14-13-6-2-4-8-3-1-5-9(7-8)15(16)17/h1-7H,(H4,11,12,14)/b4-2+,13-6-. The average Bonchev–Trinajstić information content (AvgIpc) is 2.28. The van der Waals surface area contributed by atoms with E-state index >= 15 is 0 Å². The maximum Gasteiger partial charge on any atom is 0.270 e. The summed E-state index contributed by atoms with van der Waals surface area (Å²) in [5.74, 6) is -0.134. The summed E-state index contributed by atoms with van der Waals surface area (Å²) in [6, 6.07) is 6.21. The Morgan fingerprint density at radius 1 is 1.41 bits per heavy atom. The van der Waals surface area contributed by atoms with E-state index in [4.69, 9.17) is 11.5 Å². The molecule has 1 aromatic rings. The normalized spacial score (nSPS) is 10.8. The van der Waals surface area contributed by atoms with Gasteiger partial charge in [-0.25, -0.2) is 0 Å². The Morgan fingerprint density at radius 2 is 2.18 bits per heavy atom. The highest BCUT2D eigenvalue weighted by Gasteiger charge is 2.02. The van der Waals surface area contributed by atoms with Crippen molar-refractivity contribution in [2.45, 2.75) is 0 Å². The molecule has 0 heterocycles. The molecule has 0 fully saturated rings. The quantitative estimate of drug-likeness (QED) is 0.347. The Hall–Kier alpha value is -2.70. The van der Waals surface area contributed by atoms with Gasteiger partial charge < -0.3 is 11.5 Å². The number of rotatable bonds is 4. The van der Waals surface area contributed by atoms with E-state index in [0.717, 1.165) is 0 Å². The number of nitro groups is 1. The molecule has 0 spiro atoms. The predicted octanol–water partition coefficient (Wildman–Crippen LogP) is 0.867. The monoisotopic (exact) mass is 233 g/mol. The molecule has 88 valence electrons. The van der Waals surface area contributed by atoms with Crippen LogP contribution in [0.15, 0.2) is 40.5 Å². The fraction of sp³-hybridized carbons (Fsp3) is 0. The highest BCUT2D eigenvalue weighted by molar-refractivity contribution is 5.80. The van der Waals surface area contributed by atoms with Crippen LogP contribution in [0, 0.1) is 10.1 Å². The second kappa shape index (κ2) is 6.01. The number of nitrogens with zero attached hydrogens (tertiary/aromatic N) is 3. The maximum atomic E-state index is 10.5. The van der Waals surface area contributed by atoms with Gasteiger partial charge in [-0.15, -0.1) is 5.10 Å². The van der Waals surface area contributed by atoms with Gasteiger partial charge in [-0.1, -0.05) is 18.2 Å². The second-order valence-electron chi connectivity index (χ2n) is 3.00. The molecule has 0 atom stereocenters. The third-order valence-electron chi connectivity index (χ3n) is 1.70. The van der Waals surface area contributed by atoms with E-state index in [1.54, 1.807) is 24.3 Å². The van der Waals surface area contributed by atoms with Gasteiger partial charge in [0.15, 0.2) is 0 Å². The van der Waals surface area contributed by atoms with Crippen molar-refractivity contribution in [2.75, 3.05) is 0 Å². The third-order valence-corrected chi connectivity index (χ3v) is 1.70. The van der Waals surface area contributed by atoms with Crippen molar-refractivity contribution >= 4 is 23.9 Å². The molecule has 0 saturated heterocycles. The molecule has 1 rings (SSSR count). The highest BCUT2D eigenvalue weighted by Crippen LogP contribution is 2.13. The van der Waals surface area contributed by atoms with Crippen molar-refractivity contribution in [3.05, 3.63) is 46.0 Å². The average molecular weight is 233 g/mol. The highest BCUT2D eigenvalue weighted by atomic mass is 16.6. The van der Waals surface area contributed by atoms with E-state index in [2.05, 4.69) is 10.2 Å². The molecule has 4 N–H and O–H groups in total. The van der Waals surface area contributed by atoms with Crippen LogP contribution >= 0.6 is 0 Å². The number of nitrogens with two attached hydrogens (primary N) is 2. The summed E-state index contributed by atoms with van der Waals surface area (Å²) in [6.45, 7) is 0. The first kappa shape index (κ1) is 12.4. The molecule has 1 aromatic carbocycles. The number of non-ortho nitro benzene ring substituents is 1. The van der Waals surface area contributed by atoms with Gasteiger partial charge in [-0.2, -0.15) is 5.10 Å². The van der Waals surface area contributed by atoms with Gasteiger partial charge in [0.1, 0.15) is 0 Å². The van der Waals surface area contributed by atoms with E-state index in [1.165, 1.54) is 18.3 Å². The summed E-state index contributed by atoms with van der Waals surface area (Å²) in [6.07, 6.45) is 4.60. The Bertz CT molecular complexity index is 489. The summed E-state index contributed by atoms with van der Waals surface area (Å²) in [5, 5.41) is 17.4. The molecule has 7 heteroatoms. The molecule has 0 bridgehead atoms. The number of guanidine groups is 1. The Labute approximate surface area is 97.3 Å². The molecule has 0 saturated carbocycles. The van der Waals surface area contributed by atoms with Crippen molar-refractivity contribution < 1.29 is 4.92 Å². The summed E-state index contributed by atoms with van der Waals surface area (Å²) in [7, 11) is 0. The number of allylic oxidation sites excluding steroid dienone is 1. The van der Waals surface area contributed by atoms with Crippen molar-refractivity contribution in [1.29, 1.82) is 0 Å². The number of hydrogen-bond donors (Lipinski definition) is 2. The van der Waals surface area contributed by atoms with E-state index in [0.29, 0.717) is 5.56 Å². The van der Waals surface area contributed by atoms with Crippen LogP contribution in [0.1, 0.15) is 5.56 Å². The van der Waals surface area contributed by atoms with Crippen molar-refractivity contribution in [3.63, 3.8) is 0 Å². The first-order valence-corrected chi connectivity index (χ1v) is 4.62. The van der Waals surface area contributed by atoms with E-state index in [-0.39, 0.29) is 11.6 Å². The molecule has 0 aliphatic rings. The zero-order valence-electron chi connectivity index (χ0n) is 8.85. The lowest BCUT2D eigenvalue weighted by Crippen LogP contribution is -2.21. The lowest BCUT2D eigenvalue weighted by Gasteiger charge is -1.92. The SMILES string of the molecule is NC(N)=N/N=C\C=C\c1cccc([N+](=O)[O-])c1. The van der Waals surface area contributed by atoms with Crippen LogP contribution in [-0.4, -0.2) is 17.1 Å². The first-order valence-electron chi connectivity index (χ1n) is 4.62. The third kappa shape index (κ3) is 4.56. The fourth-order valence-electron chi connectivity index (χ4n) is 1.03. The van der Waals surface area contributed by atoms with Gasteiger partial charge in [-0.3, -0.25) is 10.1 Å². The number of benzene rings is 1. The van der Waals surface area contributed by atoms with Crippen LogP contribution in [0.4, 0.5) is 5.69 Å². The minimum atomic E-state index is -0.454. The van der Waals surface area contributed by atoms with E-state index in [9.17, 15) is 10.1 Å². The lowest BCUT2D eigenvalue weighted by atomic mass is 10.2. The maximum absolute atomic E-state index is 10.5. The Kier molecular flexibility index (Phi) is 4.37. The molecule has 0 aliphatic carbocycles. The van der Waals surface area contributed by atoms with Crippen LogP contribution in [0.25, 0.3) is 6.08 Å². The van der Waals surface area contributed by atoms with Crippen LogP contribution < -0.4 is 11.5 Å². The lowest BCUT2D eigenvalue weighted by molar-refractivity contribution is -0.384. The largest absolute Gasteiger partial charge is 0.369 e. The molecule has 0 amide bonds. The van der Waals surface area contributed by atoms with E-state index in [1.807, 2.05) is 0 Å². The van der Waals surface area contributed by atoms with Gasteiger partial charge in [0.2, 0.25) is 5.96 Å². The fourth-order valence-corrected chi connectivity index (χ4v) is 1.03.